The first-order chi connectivity index (χ1) is 13.9. The lowest BCUT2D eigenvalue weighted by atomic mass is 9.66. The van der Waals surface area contributed by atoms with Crippen LogP contribution in [0.3, 0.4) is 0 Å². The van der Waals surface area contributed by atoms with E-state index in [1.807, 2.05) is 6.07 Å². The van der Waals surface area contributed by atoms with Gasteiger partial charge in [-0.25, -0.2) is 0 Å². The molecule has 5 nitrogen and oxygen atoms in total. The molecule has 1 saturated heterocycles. The maximum Gasteiger partial charge on any atom is 0.319 e. The first-order valence-electron chi connectivity index (χ1n) is 11.0. The third-order valence-electron chi connectivity index (χ3n) is 7.55. The Labute approximate surface area is 173 Å². The average Bonchev–Trinajstić information content (AvgIpc) is 3.08. The van der Waals surface area contributed by atoms with Gasteiger partial charge < -0.3 is 14.5 Å². The van der Waals surface area contributed by atoms with Gasteiger partial charge >= 0.3 is 5.97 Å². The number of methoxy groups -OCH3 is 2. The summed E-state index contributed by atoms with van der Waals surface area (Å²) in [7, 11) is 3.23. The molecule has 0 saturated carbocycles. The topological polar surface area (TPSA) is 54.6 Å². The molecule has 5 heteroatoms. The van der Waals surface area contributed by atoms with Crippen molar-refractivity contribution in [1.82, 2.24) is 9.88 Å². The molecule has 4 unspecified atom stereocenters. The lowest BCUT2D eigenvalue weighted by Gasteiger charge is -2.48. The number of carbonyl (C=O) groups is 1. The summed E-state index contributed by atoms with van der Waals surface area (Å²) in [5, 5.41) is 1.17. The molecule has 0 aliphatic carbocycles. The van der Waals surface area contributed by atoms with Crippen LogP contribution in [0.1, 0.15) is 51.3 Å². The first-order valence-corrected chi connectivity index (χ1v) is 11.0. The van der Waals surface area contributed by atoms with Gasteiger partial charge in [0.1, 0.15) is 11.2 Å². The quantitative estimate of drug-likeness (QED) is 0.764. The van der Waals surface area contributed by atoms with Crippen LogP contribution in [-0.2, 0) is 21.4 Å². The smallest absolute Gasteiger partial charge is 0.319 e. The number of nitrogens with one attached hydrogen (secondary N) is 1. The Bertz CT molecular complexity index is 905. The molecule has 2 bridgehead atoms. The number of H-pyrrole nitrogens is 1. The van der Waals surface area contributed by atoms with E-state index in [-0.39, 0.29) is 12.0 Å². The van der Waals surface area contributed by atoms with Crippen molar-refractivity contribution in [2.45, 2.75) is 57.9 Å². The van der Waals surface area contributed by atoms with E-state index in [2.05, 4.69) is 42.8 Å². The van der Waals surface area contributed by atoms with Crippen molar-refractivity contribution >= 4 is 16.9 Å². The third-order valence-corrected chi connectivity index (χ3v) is 7.55. The molecule has 158 valence electrons. The second-order valence-corrected chi connectivity index (χ2v) is 9.09. The molecular weight excluding hydrogens is 364 g/mol. The van der Waals surface area contributed by atoms with Gasteiger partial charge in [0.25, 0.3) is 0 Å². The largest absolute Gasteiger partial charge is 0.497 e. The number of esters is 1. The Hall–Kier alpha value is -2.01. The van der Waals surface area contributed by atoms with Gasteiger partial charge in [-0.05, 0) is 61.8 Å². The molecule has 2 aliphatic heterocycles. The SMILES string of the molecule is CCC(C)C[C@@H]1CN2CCc3c([nH]c4ccc(OC)cc34)C(C(=O)OC)(C1)C2C. The predicted octanol–water partition coefficient (Wildman–Crippen LogP) is 4.29. The molecule has 1 N–H and O–H groups in total. The first kappa shape index (κ1) is 20.3. The summed E-state index contributed by atoms with van der Waals surface area (Å²) in [5.41, 5.74) is 2.74. The minimum Gasteiger partial charge on any atom is -0.497 e. The standard InChI is InChI=1S/C24H34N2O3/c1-6-15(2)11-17-13-24(23(27)29-5)16(3)26(14-17)10-9-19-20-12-18(28-4)7-8-21(20)25-22(19)24/h7-8,12,15-17,25H,6,9-11,13-14H2,1-5H3/t15?,16?,17-,24?/m0/s1. The zero-order valence-corrected chi connectivity index (χ0v) is 18.4. The molecule has 4 rings (SSSR count). The van der Waals surface area contributed by atoms with Crippen LogP contribution in [0, 0.1) is 11.8 Å². The zero-order chi connectivity index (χ0) is 20.8. The highest BCUT2D eigenvalue weighted by molar-refractivity contribution is 5.92. The Morgan fingerprint density at radius 1 is 1.38 bits per heavy atom. The van der Waals surface area contributed by atoms with Crippen molar-refractivity contribution in [3.63, 3.8) is 0 Å². The van der Waals surface area contributed by atoms with Crippen LogP contribution >= 0.6 is 0 Å². The number of nitrogens with zero attached hydrogens (tertiary/aromatic N) is 1. The molecule has 2 aliphatic rings. The van der Waals surface area contributed by atoms with Gasteiger partial charge in [0.05, 0.1) is 14.2 Å². The van der Waals surface area contributed by atoms with Crippen molar-refractivity contribution in [2.75, 3.05) is 27.3 Å². The minimum absolute atomic E-state index is 0.106. The summed E-state index contributed by atoms with van der Waals surface area (Å²) < 4.78 is 10.9. The summed E-state index contributed by atoms with van der Waals surface area (Å²) in [6, 6.07) is 6.25. The highest BCUT2D eigenvalue weighted by Gasteiger charge is 2.56. The van der Waals surface area contributed by atoms with Crippen molar-refractivity contribution in [1.29, 1.82) is 0 Å². The number of aromatic nitrogens is 1. The number of benzene rings is 1. The van der Waals surface area contributed by atoms with Crippen molar-refractivity contribution < 1.29 is 14.3 Å². The van der Waals surface area contributed by atoms with Crippen LogP contribution < -0.4 is 4.74 Å². The lowest BCUT2D eigenvalue weighted by Crippen LogP contribution is -2.59. The number of rotatable bonds is 5. The van der Waals surface area contributed by atoms with Gasteiger partial charge in [0, 0.05) is 35.7 Å². The number of carbonyl (C=O) groups excluding carboxylic acids is 1. The number of fused-ring (bicyclic) bond motifs is 6. The summed E-state index contributed by atoms with van der Waals surface area (Å²) in [6.45, 7) is 8.81. The van der Waals surface area contributed by atoms with Gasteiger partial charge in [-0.2, -0.15) is 0 Å². The fourth-order valence-corrected chi connectivity index (χ4v) is 5.77. The maximum atomic E-state index is 13.4. The summed E-state index contributed by atoms with van der Waals surface area (Å²) in [6.07, 6.45) is 4.11. The number of hydrogen-bond acceptors (Lipinski definition) is 4. The number of piperidine rings is 1. The molecule has 0 spiro atoms. The van der Waals surface area contributed by atoms with E-state index in [0.29, 0.717) is 11.8 Å². The normalized spacial score (nSPS) is 29.8. The maximum absolute atomic E-state index is 13.4. The van der Waals surface area contributed by atoms with Gasteiger partial charge in [-0.3, -0.25) is 9.69 Å². The van der Waals surface area contributed by atoms with E-state index in [9.17, 15) is 4.79 Å². The van der Waals surface area contributed by atoms with Crippen LogP contribution in [0.2, 0.25) is 0 Å². The average molecular weight is 399 g/mol. The molecule has 29 heavy (non-hydrogen) atoms. The van der Waals surface area contributed by atoms with Gasteiger partial charge in [-0.1, -0.05) is 20.3 Å². The van der Waals surface area contributed by atoms with Gasteiger partial charge in [0.15, 0.2) is 0 Å². The Morgan fingerprint density at radius 3 is 2.86 bits per heavy atom. The van der Waals surface area contributed by atoms with Crippen molar-refractivity contribution in [3.8, 4) is 5.75 Å². The number of hydrogen-bond donors (Lipinski definition) is 1. The van der Waals surface area contributed by atoms with Crippen LogP contribution in [0.25, 0.3) is 10.9 Å². The summed E-state index contributed by atoms with van der Waals surface area (Å²) in [5.74, 6) is 1.90. The molecular formula is C24H34N2O3. The molecule has 0 radical (unpaired) electrons. The van der Waals surface area contributed by atoms with E-state index in [0.717, 1.165) is 49.3 Å². The molecule has 2 aromatic rings. The second kappa shape index (κ2) is 7.67. The lowest BCUT2D eigenvalue weighted by molar-refractivity contribution is -0.154. The fourth-order valence-electron chi connectivity index (χ4n) is 5.77. The molecule has 5 atom stereocenters. The van der Waals surface area contributed by atoms with E-state index >= 15 is 0 Å². The van der Waals surface area contributed by atoms with Crippen molar-refractivity contribution in [3.05, 3.63) is 29.5 Å². The van der Waals surface area contributed by atoms with E-state index in [1.54, 1.807) is 7.11 Å². The van der Waals surface area contributed by atoms with Crippen LogP contribution in [-0.4, -0.2) is 49.2 Å². The Balaban J connectivity index is 1.89. The monoisotopic (exact) mass is 398 g/mol. The zero-order valence-electron chi connectivity index (χ0n) is 18.4. The van der Waals surface area contributed by atoms with E-state index < -0.39 is 5.41 Å². The predicted molar refractivity (Wildman–Crippen MR) is 115 cm³/mol. The van der Waals surface area contributed by atoms with Crippen LogP contribution in [0.5, 0.6) is 5.75 Å². The highest BCUT2D eigenvalue weighted by Crippen LogP contribution is 2.48. The van der Waals surface area contributed by atoms with Crippen molar-refractivity contribution in [2.24, 2.45) is 11.8 Å². The fraction of sp³-hybridized carbons (Fsp3) is 0.625. The molecule has 1 fully saturated rings. The Morgan fingerprint density at radius 2 is 2.17 bits per heavy atom. The Kier molecular flexibility index (Phi) is 5.36. The van der Waals surface area contributed by atoms with Crippen LogP contribution in [0.4, 0.5) is 0 Å². The summed E-state index contributed by atoms with van der Waals surface area (Å²) >= 11 is 0. The van der Waals surface area contributed by atoms with E-state index in [1.165, 1.54) is 24.5 Å². The molecule has 1 aromatic heterocycles. The number of aromatic amines is 1. The van der Waals surface area contributed by atoms with Gasteiger partial charge in [0.2, 0.25) is 0 Å². The molecule has 0 amide bonds. The van der Waals surface area contributed by atoms with Crippen LogP contribution in [0.15, 0.2) is 18.2 Å². The summed E-state index contributed by atoms with van der Waals surface area (Å²) in [4.78, 5) is 19.6. The second-order valence-electron chi connectivity index (χ2n) is 9.09. The molecule has 1 aromatic carbocycles. The minimum atomic E-state index is -0.650. The third kappa shape index (κ3) is 3.14. The van der Waals surface area contributed by atoms with E-state index in [4.69, 9.17) is 9.47 Å². The number of ether oxygens (including phenoxy) is 2. The van der Waals surface area contributed by atoms with Gasteiger partial charge in [-0.15, -0.1) is 0 Å². The highest BCUT2D eigenvalue weighted by atomic mass is 16.5. The molecule has 3 heterocycles.